The molecular formula is C19H22N2O7. The van der Waals surface area contributed by atoms with Gasteiger partial charge in [0.2, 0.25) is 0 Å². The van der Waals surface area contributed by atoms with Crippen LogP contribution in [0.4, 0.5) is 0 Å². The molecule has 7 N–H and O–H groups in total. The van der Waals surface area contributed by atoms with Gasteiger partial charge in [-0.15, -0.1) is 0 Å². The molecule has 0 spiro atoms. The van der Waals surface area contributed by atoms with Crippen LogP contribution in [-0.2, 0) is 9.59 Å². The number of hydrogen-bond acceptors (Lipinski definition) is 8. The van der Waals surface area contributed by atoms with Crippen LogP contribution in [0.25, 0.3) is 10.9 Å². The summed E-state index contributed by atoms with van der Waals surface area (Å²) in [6.07, 6.45) is -6.19. The molecule has 2 aromatic rings. The third kappa shape index (κ3) is 3.50. The van der Waals surface area contributed by atoms with E-state index in [1.165, 1.54) is 6.07 Å². The number of nitrogens with zero attached hydrogens (tertiary/aromatic N) is 1. The monoisotopic (exact) mass is 390 g/mol. The van der Waals surface area contributed by atoms with E-state index < -0.39 is 60.5 Å². The maximum absolute atomic E-state index is 12.8. The van der Waals surface area contributed by atoms with Gasteiger partial charge in [-0.25, -0.2) is 0 Å². The number of nitrogens with two attached hydrogens (primary N) is 1. The maximum atomic E-state index is 12.8. The number of fused-ring (bicyclic) bond motifs is 1. The van der Waals surface area contributed by atoms with Crippen LogP contribution in [0.3, 0.4) is 0 Å². The lowest BCUT2D eigenvalue weighted by atomic mass is 9.66. The van der Waals surface area contributed by atoms with Crippen molar-refractivity contribution in [3.63, 3.8) is 0 Å². The first-order valence-electron chi connectivity index (χ1n) is 8.79. The Morgan fingerprint density at radius 3 is 2.50 bits per heavy atom. The lowest BCUT2D eigenvalue weighted by Gasteiger charge is -2.45. The Kier molecular flexibility index (Phi) is 5.46. The molecule has 9 nitrogen and oxygen atoms in total. The highest BCUT2D eigenvalue weighted by Crippen LogP contribution is 2.42. The Balaban J connectivity index is 2.06. The van der Waals surface area contributed by atoms with Crippen LogP contribution in [0.2, 0.25) is 0 Å². The van der Waals surface area contributed by atoms with E-state index >= 15 is 0 Å². The van der Waals surface area contributed by atoms with Gasteiger partial charge in [-0.1, -0.05) is 24.3 Å². The van der Waals surface area contributed by atoms with Crippen molar-refractivity contribution < 1.29 is 35.1 Å². The SMILES string of the molecule is NC(CC(=O)C1(O)C[C@@H](O)C(O)[C@H](O)C1c1ccc2ccccc2n1)C(=O)O. The fraction of sp³-hybridized carbons (Fsp3) is 0.421. The van der Waals surface area contributed by atoms with E-state index in [4.69, 9.17) is 10.8 Å². The third-order valence-corrected chi connectivity index (χ3v) is 5.26. The minimum Gasteiger partial charge on any atom is -0.480 e. The highest BCUT2D eigenvalue weighted by Gasteiger charge is 2.56. The van der Waals surface area contributed by atoms with Crippen LogP contribution in [0.5, 0.6) is 0 Å². The van der Waals surface area contributed by atoms with Gasteiger partial charge in [0.15, 0.2) is 5.78 Å². The number of carbonyl (C=O) groups excluding carboxylic acids is 1. The fourth-order valence-corrected chi connectivity index (χ4v) is 3.70. The van der Waals surface area contributed by atoms with E-state index in [9.17, 15) is 30.0 Å². The van der Waals surface area contributed by atoms with Gasteiger partial charge < -0.3 is 31.3 Å². The van der Waals surface area contributed by atoms with Crippen molar-refractivity contribution in [2.45, 2.75) is 48.7 Å². The lowest BCUT2D eigenvalue weighted by Crippen LogP contribution is -2.62. The number of aliphatic hydroxyl groups is 4. The Morgan fingerprint density at radius 1 is 1.14 bits per heavy atom. The first-order valence-corrected chi connectivity index (χ1v) is 8.79. The fourth-order valence-electron chi connectivity index (χ4n) is 3.70. The average Bonchev–Trinajstić information content (AvgIpc) is 2.66. The number of aromatic nitrogens is 1. The molecule has 1 heterocycles. The normalized spacial score (nSPS) is 31.5. The minimum absolute atomic E-state index is 0.136. The minimum atomic E-state index is -2.35. The van der Waals surface area contributed by atoms with Crippen LogP contribution in [-0.4, -0.2) is 72.2 Å². The van der Waals surface area contributed by atoms with E-state index in [-0.39, 0.29) is 5.69 Å². The summed E-state index contributed by atoms with van der Waals surface area (Å²) < 4.78 is 0. The molecule has 1 aromatic heterocycles. The van der Waals surface area contributed by atoms with Crippen molar-refractivity contribution in [1.29, 1.82) is 0 Å². The topological polar surface area (TPSA) is 174 Å². The molecule has 6 atom stereocenters. The molecule has 1 aromatic carbocycles. The van der Waals surface area contributed by atoms with Gasteiger partial charge in [0.05, 0.1) is 29.3 Å². The van der Waals surface area contributed by atoms with Gasteiger partial charge in [-0.3, -0.25) is 14.6 Å². The standard InChI is InChI=1S/C19H22N2O7/c20-10(18(26)27)7-14(23)19(28)8-13(22)16(24)17(25)15(19)12-6-5-9-3-1-2-4-11(9)21-12/h1-6,10,13,15-17,22,24-25,28H,7-8,20H2,(H,26,27)/t10?,13-,15?,16?,17-,19?/m1/s1. The summed E-state index contributed by atoms with van der Waals surface area (Å²) >= 11 is 0. The zero-order valence-electron chi connectivity index (χ0n) is 14.8. The van der Waals surface area contributed by atoms with Crippen molar-refractivity contribution in [2.24, 2.45) is 5.73 Å². The second-order valence-corrected chi connectivity index (χ2v) is 7.16. The number of ketones is 1. The van der Waals surface area contributed by atoms with E-state index in [2.05, 4.69) is 4.98 Å². The van der Waals surface area contributed by atoms with Crippen LogP contribution in [0, 0.1) is 0 Å². The van der Waals surface area contributed by atoms with Gasteiger partial charge in [-0.2, -0.15) is 0 Å². The molecule has 3 rings (SSSR count). The van der Waals surface area contributed by atoms with Gasteiger partial charge in [-0.05, 0) is 12.1 Å². The Morgan fingerprint density at radius 2 is 1.82 bits per heavy atom. The molecular weight excluding hydrogens is 368 g/mol. The molecule has 4 unspecified atom stereocenters. The van der Waals surface area contributed by atoms with Crippen molar-refractivity contribution in [3.8, 4) is 0 Å². The second kappa shape index (κ2) is 7.53. The third-order valence-electron chi connectivity index (χ3n) is 5.26. The Labute approximate surface area is 160 Å². The van der Waals surface area contributed by atoms with E-state index in [1.54, 1.807) is 18.2 Å². The van der Waals surface area contributed by atoms with E-state index in [0.29, 0.717) is 5.52 Å². The molecule has 0 aliphatic heterocycles. The number of aliphatic carboxylic acids is 1. The number of rotatable bonds is 5. The summed E-state index contributed by atoms with van der Waals surface area (Å²) in [7, 11) is 0. The second-order valence-electron chi connectivity index (χ2n) is 7.16. The number of carboxylic acids is 1. The van der Waals surface area contributed by atoms with Gasteiger partial charge in [0, 0.05) is 18.2 Å². The number of aliphatic hydroxyl groups excluding tert-OH is 3. The number of carbonyl (C=O) groups is 2. The van der Waals surface area contributed by atoms with Crippen LogP contribution < -0.4 is 5.73 Å². The molecule has 28 heavy (non-hydrogen) atoms. The first-order chi connectivity index (χ1) is 13.1. The molecule has 1 aliphatic rings. The van der Waals surface area contributed by atoms with E-state index in [1.807, 2.05) is 12.1 Å². The molecule has 0 amide bonds. The van der Waals surface area contributed by atoms with Crippen molar-refractivity contribution in [3.05, 3.63) is 42.1 Å². The predicted octanol–water partition coefficient (Wildman–Crippen LogP) is -1.09. The van der Waals surface area contributed by atoms with Crippen molar-refractivity contribution >= 4 is 22.7 Å². The molecule has 0 saturated heterocycles. The molecule has 9 heteroatoms. The van der Waals surface area contributed by atoms with Gasteiger partial charge in [0.25, 0.3) is 0 Å². The summed E-state index contributed by atoms with van der Waals surface area (Å²) in [6.45, 7) is 0. The van der Waals surface area contributed by atoms with Crippen LogP contribution in [0.15, 0.2) is 36.4 Å². The number of para-hydroxylation sites is 1. The zero-order chi connectivity index (χ0) is 20.6. The Hall–Kier alpha value is -2.43. The zero-order valence-corrected chi connectivity index (χ0v) is 14.8. The number of hydrogen-bond donors (Lipinski definition) is 6. The Bertz CT molecular complexity index is 905. The quantitative estimate of drug-likeness (QED) is 0.370. The highest BCUT2D eigenvalue weighted by atomic mass is 16.4. The lowest BCUT2D eigenvalue weighted by molar-refractivity contribution is -0.181. The molecule has 1 aliphatic carbocycles. The molecule has 0 bridgehead atoms. The molecule has 0 radical (unpaired) electrons. The average molecular weight is 390 g/mol. The summed E-state index contributed by atoms with van der Waals surface area (Å²) in [5, 5.41) is 51.6. The van der Waals surface area contributed by atoms with Crippen molar-refractivity contribution in [2.75, 3.05) is 0 Å². The smallest absolute Gasteiger partial charge is 0.320 e. The summed E-state index contributed by atoms with van der Waals surface area (Å²) in [5.74, 6) is -3.74. The molecule has 1 saturated carbocycles. The van der Waals surface area contributed by atoms with Crippen LogP contribution in [0.1, 0.15) is 24.5 Å². The molecule has 1 fully saturated rings. The summed E-state index contributed by atoms with van der Waals surface area (Å²) in [4.78, 5) is 28.1. The van der Waals surface area contributed by atoms with E-state index in [0.717, 1.165) is 5.39 Å². The van der Waals surface area contributed by atoms with Gasteiger partial charge >= 0.3 is 5.97 Å². The number of carboxylic acid groups (broad SMARTS) is 1. The van der Waals surface area contributed by atoms with Gasteiger partial charge in [0.1, 0.15) is 17.7 Å². The number of pyridine rings is 1. The molecule has 150 valence electrons. The van der Waals surface area contributed by atoms with Crippen LogP contribution >= 0.6 is 0 Å². The first kappa shape index (κ1) is 20.3. The summed E-state index contributed by atoms with van der Waals surface area (Å²) in [5.41, 5.74) is 3.75. The number of Topliss-reactive ketones (excluding diaryl/α,β-unsaturated/α-hetero) is 1. The largest absolute Gasteiger partial charge is 0.480 e. The van der Waals surface area contributed by atoms with Crippen molar-refractivity contribution in [1.82, 2.24) is 4.98 Å². The summed E-state index contributed by atoms with van der Waals surface area (Å²) in [6, 6.07) is 8.73. The maximum Gasteiger partial charge on any atom is 0.320 e. The number of benzene rings is 1. The predicted molar refractivity (Wildman–Crippen MR) is 97.3 cm³/mol. The highest BCUT2D eigenvalue weighted by molar-refractivity contribution is 5.92.